The molecule has 0 saturated carbocycles. The van der Waals surface area contributed by atoms with Gasteiger partial charge in [-0.05, 0) is 35.7 Å². The third-order valence-corrected chi connectivity index (χ3v) is 4.62. The molecule has 2 aromatic rings. The van der Waals surface area contributed by atoms with Crippen molar-refractivity contribution in [3.63, 3.8) is 0 Å². The first-order valence-electron chi connectivity index (χ1n) is 8.51. The molecule has 1 heterocycles. The molecule has 2 aromatic carbocycles. The van der Waals surface area contributed by atoms with Gasteiger partial charge in [0.05, 0.1) is 14.2 Å². The van der Waals surface area contributed by atoms with Crippen LogP contribution < -0.4 is 14.8 Å². The van der Waals surface area contributed by atoms with Crippen molar-refractivity contribution in [2.75, 3.05) is 33.9 Å². The molecule has 1 N–H and O–H groups in total. The lowest BCUT2D eigenvalue weighted by Gasteiger charge is -2.28. The summed E-state index contributed by atoms with van der Waals surface area (Å²) in [6.45, 7) is 5.00. The number of hydrogen-bond donors (Lipinski definition) is 1. The number of ether oxygens (including phenoxy) is 2. The molecule has 3 rings (SSSR count). The van der Waals surface area contributed by atoms with Crippen molar-refractivity contribution in [2.24, 2.45) is 0 Å². The second-order valence-corrected chi connectivity index (χ2v) is 6.15. The first-order valence-corrected chi connectivity index (χ1v) is 8.51. The number of rotatable bonds is 7. The van der Waals surface area contributed by atoms with Gasteiger partial charge >= 0.3 is 0 Å². The first kappa shape index (κ1) is 16.8. The van der Waals surface area contributed by atoms with Gasteiger partial charge in [-0.3, -0.25) is 4.90 Å². The third kappa shape index (κ3) is 4.08. The Hall–Kier alpha value is -2.04. The fraction of sp³-hybridized carbons (Fsp3) is 0.400. The molecule has 0 amide bonds. The normalized spacial score (nSPS) is 14.2. The molecule has 1 aliphatic rings. The SMILES string of the molecule is COc1ccc(OC)c(CNCCN2CCc3ccccc3C2)c1. The topological polar surface area (TPSA) is 33.7 Å². The Bertz CT molecular complexity index is 672. The van der Waals surface area contributed by atoms with Crippen molar-refractivity contribution >= 4 is 0 Å². The van der Waals surface area contributed by atoms with Crippen molar-refractivity contribution in [1.29, 1.82) is 0 Å². The van der Waals surface area contributed by atoms with Gasteiger partial charge in [0.15, 0.2) is 0 Å². The van der Waals surface area contributed by atoms with Gasteiger partial charge in [-0.15, -0.1) is 0 Å². The van der Waals surface area contributed by atoms with E-state index >= 15 is 0 Å². The van der Waals surface area contributed by atoms with Crippen molar-refractivity contribution in [1.82, 2.24) is 10.2 Å². The van der Waals surface area contributed by atoms with Crippen LogP contribution in [0.5, 0.6) is 11.5 Å². The zero-order valence-corrected chi connectivity index (χ0v) is 14.5. The summed E-state index contributed by atoms with van der Waals surface area (Å²) in [5.74, 6) is 1.76. The Morgan fingerprint density at radius 1 is 1.04 bits per heavy atom. The number of benzene rings is 2. The highest BCUT2D eigenvalue weighted by molar-refractivity contribution is 5.40. The van der Waals surface area contributed by atoms with Crippen LogP contribution in [0, 0.1) is 0 Å². The minimum atomic E-state index is 0.783. The van der Waals surface area contributed by atoms with Gasteiger partial charge in [-0.1, -0.05) is 24.3 Å². The van der Waals surface area contributed by atoms with Gasteiger partial charge in [0, 0.05) is 38.3 Å². The van der Waals surface area contributed by atoms with Crippen LogP contribution in [0.15, 0.2) is 42.5 Å². The van der Waals surface area contributed by atoms with E-state index in [1.807, 2.05) is 18.2 Å². The van der Waals surface area contributed by atoms with E-state index in [1.54, 1.807) is 14.2 Å². The molecule has 0 fully saturated rings. The van der Waals surface area contributed by atoms with Crippen LogP contribution in [-0.4, -0.2) is 38.8 Å². The summed E-state index contributed by atoms with van der Waals surface area (Å²) >= 11 is 0. The maximum absolute atomic E-state index is 5.42. The van der Waals surface area contributed by atoms with Crippen LogP contribution in [0.4, 0.5) is 0 Å². The zero-order chi connectivity index (χ0) is 16.8. The number of nitrogens with zero attached hydrogens (tertiary/aromatic N) is 1. The van der Waals surface area contributed by atoms with E-state index in [2.05, 4.69) is 34.5 Å². The maximum atomic E-state index is 5.42. The maximum Gasteiger partial charge on any atom is 0.123 e. The first-order chi connectivity index (χ1) is 11.8. The molecule has 0 radical (unpaired) electrons. The van der Waals surface area contributed by atoms with Gasteiger partial charge in [0.25, 0.3) is 0 Å². The Morgan fingerprint density at radius 2 is 1.88 bits per heavy atom. The van der Waals surface area contributed by atoms with E-state index in [0.717, 1.165) is 56.2 Å². The van der Waals surface area contributed by atoms with Crippen LogP contribution in [0.25, 0.3) is 0 Å². The fourth-order valence-electron chi connectivity index (χ4n) is 3.23. The fourth-order valence-corrected chi connectivity index (χ4v) is 3.23. The molecule has 0 aromatic heterocycles. The molecule has 0 saturated heterocycles. The molecular weight excluding hydrogens is 300 g/mol. The molecule has 1 aliphatic heterocycles. The summed E-state index contributed by atoms with van der Waals surface area (Å²) in [6.07, 6.45) is 1.15. The van der Waals surface area contributed by atoms with Crippen molar-refractivity contribution in [3.8, 4) is 11.5 Å². The second kappa shape index (κ2) is 8.18. The predicted octanol–water partition coefficient (Wildman–Crippen LogP) is 2.85. The highest BCUT2D eigenvalue weighted by atomic mass is 16.5. The molecule has 128 valence electrons. The molecule has 0 atom stereocenters. The van der Waals surface area contributed by atoms with Crippen molar-refractivity contribution in [3.05, 3.63) is 59.2 Å². The average molecular weight is 326 g/mol. The van der Waals surface area contributed by atoms with Crippen LogP contribution in [0.3, 0.4) is 0 Å². The Labute approximate surface area is 144 Å². The van der Waals surface area contributed by atoms with E-state index in [-0.39, 0.29) is 0 Å². The second-order valence-electron chi connectivity index (χ2n) is 6.15. The lowest BCUT2D eigenvalue weighted by molar-refractivity contribution is 0.253. The number of methoxy groups -OCH3 is 2. The van der Waals surface area contributed by atoms with E-state index in [0.29, 0.717) is 0 Å². The van der Waals surface area contributed by atoms with Gasteiger partial charge in [-0.2, -0.15) is 0 Å². The van der Waals surface area contributed by atoms with Crippen LogP contribution in [0.1, 0.15) is 16.7 Å². The van der Waals surface area contributed by atoms with Gasteiger partial charge in [0.1, 0.15) is 11.5 Å². The summed E-state index contributed by atoms with van der Waals surface area (Å²) in [7, 11) is 3.39. The van der Waals surface area contributed by atoms with Crippen molar-refractivity contribution < 1.29 is 9.47 Å². The molecule has 0 unspecified atom stereocenters. The molecule has 0 bridgehead atoms. The van der Waals surface area contributed by atoms with E-state index in [4.69, 9.17) is 9.47 Å². The predicted molar refractivity (Wildman–Crippen MR) is 96.7 cm³/mol. The third-order valence-electron chi connectivity index (χ3n) is 4.62. The highest BCUT2D eigenvalue weighted by Gasteiger charge is 2.14. The summed E-state index contributed by atoms with van der Waals surface area (Å²) in [5.41, 5.74) is 4.10. The minimum Gasteiger partial charge on any atom is -0.497 e. The van der Waals surface area contributed by atoms with E-state index in [9.17, 15) is 0 Å². The smallest absolute Gasteiger partial charge is 0.123 e. The molecule has 0 spiro atoms. The highest BCUT2D eigenvalue weighted by Crippen LogP contribution is 2.23. The zero-order valence-electron chi connectivity index (χ0n) is 14.5. The molecule has 4 nitrogen and oxygen atoms in total. The standard InChI is InChI=1S/C20H26N2O2/c1-23-19-7-8-20(24-2)18(13-19)14-21-10-12-22-11-9-16-5-3-4-6-17(16)15-22/h3-8,13,21H,9-12,14-15H2,1-2H3. The molecule has 0 aliphatic carbocycles. The average Bonchev–Trinajstić information content (AvgIpc) is 2.65. The quantitative estimate of drug-likeness (QED) is 0.793. The molecular formula is C20H26N2O2. The Balaban J connectivity index is 1.48. The van der Waals surface area contributed by atoms with Crippen LogP contribution in [0.2, 0.25) is 0 Å². The lowest BCUT2D eigenvalue weighted by atomic mass is 10.00. The van der Waals surface area contributed by atoms with Gasteiger partial charge in [-0.25, -0.2) is 0 Å². The number of fused-ring (bicyclic) bond motifs is 1. The monoisotopic (exact) mass is 326 g/mol. The largest absolute Gasteiger partial charge is 0.497 e. The number of hydrogen-bond acceptors (Lipinski definition) is 4. The van der Waals surface area contributed by atoms with Crippen LogP contribution >= 0.6 is 0 Å². The molecule has 24 heavy (non-hydrogen) atoms. The van der Waals surface area contributed by atoms with Gasteiger partial charge < -0.3 is 14.8 Å². The summed E-state index contributed by atoms with van der Waals surface area (Å²) < 4.78 is 10.7. The van der Waals surface area contributed by atoms with Crippen molar-refractivity contribution in [2.45, 2.75) is 19.5 Å². The Morgan fingerprint density at radius 3 is 2.67 bits per heavy atom. The summed E-state index contributed by atoms with van der Waals surface area (Å²) in [6, 6.07) is 14.7. The van der Waals surface area contributed by atoms with E-state index < -0.39 is 0 Å². The van der Waals surface area contributed by atoms with Gasteiger partial charge in [0.2, 0.25) is 0 Å². The lowest BCUT2D eigenvalue weighted by Crippen LogP contribution is -2.36. The molecule has 4 heteroatoms. The number of nitrogens with one attached hydrogen (secondary N) is 1. The minimum absolute atomic E-state index is 0.783. The summed E-state index contributed by atoms with van der Waals surface area (Å²) in [4.78, 5) is 2.51. The Kier molecular flexibility index (Phi) is 5.72. The summed E-state index contributed by atoms with van der Waals surface area (Å²) in [5, 5.41) is 3.52. The van der Waals surface area contributed by atoms with Crippen LogP contribution in [-0.2, 0) is 19.5 Å². The van der Waals surface area contributed by atoms with E-state index in [1.165, 1.54) is 11.1 Å².